The molecule has 0 bridgehead atoms. The molecule has 1 fully saturated rings. The minimum Gasteiger partial charge on any atom is -0.496 e. The van der Waals surface area contributed by atoms with Crippen molar-refractivity contribution in [2.75, 3.05) is 20.2 Å². The summed E-state index contributed by atoms with van der Waals surface area (Å²) in [5, 5.41) is 5.08. The molecule has 2 heterocycles. The second kappa shape index (κ2) is 8.03. The molecule has 1 aromatic heterocycles. The van der Waals surface area contributed by atoms with E-state index in [2.05, 4.69) is 10.00 Å². The van der Waals surface area contributed by atoms with E-state index in [1.54, 1.807) is 11.8 Å². The number of likely N-dealkylation sites (tertiary alicyclic amines) is 1. The highest BCUT2D eigenvalue weighted by atomic mass is 35.5. The Morgan fingerprint density at radius 3 is 2.52 bits per heavy atom. The van der Waals surface area contributed by atoms with Gasteiger partial charge in [-0.2, -0.15) is 5.10 Å². The van der Waals surface area contributed by atoms with Crippen molar-refractivity contribution in [3.05, 3.63) is 45.2 Å². The van der Waals surface area contributed by atoms with Crippen molar-refractivity contribution in [2.24, 2.45) is 13.0 Å². The first-order chi connectivity index (χ1) is 12.8. The van der Waals surface area contributed by atoms with Crippen LogP contribution in [-0.4, -0.2) is 40.7 Å². The number of aromatic nitrogens is 2. The number of piperidine rings is 1. The lowest BCUT2D eigenvalue weighted by molar-refractivity contribution is 0.0811. The van der Waals surface area contributed by atoms with Crippen LogP contribution in [0.1, 0.15) is 45.6 Å². The SMILES string of the molecule is COc1c(C)cc(C(=O)[C@@H]2CCCN(Cc3c(C)nn(C)c3Cl)C2)cc1C. The van der Waals surface area contributed by atoms with Gasteiger partial charge in [-0.1, -0.05) is 11.6 Å². The molecule has 2 aromatic rings. The van der Waals surface area contributed by atoms with Crippen molar-refractivity contribution >= 4 is 17.4 Å². The van der Waals surface area contributed by atoms with Crippen molar-refractivity contribution in [2.45, 2.75) is 40.2 Å². The van der Waals surface area contributed by atoms with E-state index in [1.165, 1.54) is 0 Å². The van der Waals surface area contributed by atoms with Crippen LogP contribution >= 0.6 is 11.6 Å². The molecule has 6 heteroatoms. The van der Waals surface area contributed by atoms with Crippen LogP contribution < -0.4 is 4.74 Å². The van der Waals surface area contributed by atoms with Crippen LogP contribution in [0.15, 0.2) is 12.1 Å². The van der Waals surface area contributed by atoms with Crippen molar-refractivity contribution < 1.29 is 9.53 Å². The molecule has 1 aromatic carbocycles. The molecule has 0 saturated carbocycles. The zero-order valence-electron chi connectivity index (χ0n) is 16.8. The minimum absolute atomic E-state index is 0.0155. The van der Waals surface area contributed by atoms with Crippen LogP contribution in [0.2, 0.25) is 5.15 Å². The van der Waals surface area contributed by atoms with Gasteiger partial charge in [0.1, 0.15) is 10.9 Å². The lowest BCUT2D eigenvalue weighted by Crippen LogP contribution is -2.38. The fourth-order valence-electron chi connectivity index (χ4n) is 4.14. The Morgan fingerprint density at radius 2 is 1.96 bits per heavy atom. The maximum absolute atomic E-state index is 13.1. The van der Waals surface area contributed by atoms with Gasteiger partial charge in [0.05, 0.1) is 12.8 Å². The number of methoxy groups -OCH3 is 1. The quantitative estimate of drug-likeness (QED) is 0.722. The van der Waals surface area contributed by atoms with E-state index in [1.807, 2.05) is 40.0 Å². The summed E-state index contributed by atoms with van der Waals surface area (Å²) in [6.45, 7) is 8.44. The zero-order chi connectivity index (χ0) is 19.7. The number of Topliss-reactive ketones (excluding diaryl/α,β-unsaturated/α-hetero) is 1. The summed E-state index contributed by atoms with van der Waals surface area (Å²) in [6.07, 6.45) is 1.95. The third-order valence-electron chi connectivity index (χ3n) is 5.48. The minimum atomic E-state index is 0.0155. The Morgan fingerprint density at radius 1 is 1.30 bits per heavy atom. The van der Waals surface area contributed by atoms with Gasteiger partial charge in [0.2, 0.25) is 0 Å². The first-order valence-electron chi connectivity index (χ1n) is 9.41. The number of carbonyl (C=O) groups is 1. The van der Waals surface area contributed by atoms with E-state index < -0.39 is 0 Å². The fourth-order valence-corrected chi connectivity index (χ4v) is 4.37. The summed E-state index contributed by atoms with van der Waals surface area (Å²) in [4.78, 5) is 15.5. The zero-order valence-corrected chi connectivity index (χ0v) is 17.6. The summed E-state index contributed by atoms with van der Waals surface area (Å²) < 4.78 is 7.13. The van der Waals surface area contributed by atoms with E-state index in [4.69, 9.17) is 16.3 Å². The van der Waals surface area contributed by atoms with Gasteiger partial charge in [-0.3, -0.25) is 14.4 Å². The normalized spacial score (nSPS) is 17.9. The van der Waals surface area contributed by atoms with Crippen molar-refractivity contribution in [3.8, 4) is 5.75 Å². The predicted molar refractivity (Wildman–Crippen MR) is 108 cm³/mol. The van der Waals surface area contributed by atoms with Crippen molar-refractivity contribution in [1.82, 2.24) is 14.7 Å². The molecule has 3 rings (SSSR count). The van der Waals surface area contributed by atoms with E-state index in [0.29, 0.717) is 5.15 Å². The molecule has 1 atom stereocenters. The van der Waals surface area contributed by atoms with Crippen LogP contribution in [0.4, 0.5) is 0 Å². The number of aryl methyl sites for hydroxylation is 4. The number of hydrogen-bond acceptors (Lipinski definition) is 4. The molecule has 27 heavy (non-hydrogen) atoms. The maximum Gasteiger partial charge on any atom is 0.167 e. The Bertz CT molecular complexity index is 836. The summed E-state index contributed by atoms with van der Waals surface area (Å²) in [5.74, 6) is 1.10. The Kier molecular flexibility index (Phi) is 5.92. The molecule has 0 radical (unpaired) electrons. The lowest BCUT2D eigenvalue weighted by atomic mass is 9.88. The number of ketones is 1. The first kappa shape index (κ1) is 19.9. The Labute approximate surface area is 166 Å². The van der Waals surface area contributed by atoms with Gasteiger partial charge in [0.15, 0.2) is 5.78 Å². The summed E-state index contributed by atoms with van der Waals surface area (Å²) in [7, 11) is 3.52. The molecule has 1 saturated heterocycles. The van der Waals surface area contributed by atoms with Crippen LogP contribution in [-0.2, 0) is 13.6 Å². The summed E-state index contributed by atoms with van der Waals surface area (Å²) in [6, 6.07) is 3.91. The van der Waals surface area contributed by atoms with Gasteiger partial charge in [-0.15, -0.1) is 0 Å². The second-order valence-corrected chi connectivity index (χ2v) is 7.92. The number of hydrogen-bond donors (Lipinski definition) is 0. The van der Waals surface area contributed by atoms with Crippen LogP contribution in [0.5, 0.6) is 5.75 Å². The second-order valence-electron chi connectivity index (χ2n) is 7.56. The molecular formula is C21H28ClN3O2. The van der Waals surface area contributed by atoms with Crippen LogP contribution in [0.3, 0.4) is 0 Å². The number of ether oxygens (including phenoxy) is 1. The van der Waals surface area contributed by atoms with Gasteiger partial charge < -0.3 is 4.74 Å². The number of benzene rings is 1. The standard InChI is InChI=1S/C21H28ClN3O2/c1-13-9-17(10-14(2)20(13)27-5)19(26)16-7-6-8-25(11-16)12-18-15(3)23-24(4)21(18)22/h9-10,16H,6-8,11-12H2,1-5H3/t16-/m1/s1. The van der Waals surface area contributed by atoms with Gasteiger partial charge in [0, 0.05) is 37.2 Å². The van der Waals surface area contributed by atoms with Gasteiger partial charge in [-0.05, 0) is 63.4 Å². The molecule has 0 aliphatic carbocycles. The van der Waals surface area contributed by atoms with Crippen LogP contribution in [0, 0.1) is 26.7 Å². The molecule has 146 valence electrons. The average molecular weight is 390 g/mol. The molecule has 1 aliphatic heterocycles. The van der Waals surface area contributed by atoms with Gasteiger partial charge >= 0.3 is 0 Å². The Hall–Kier alpha value is -1.85. The van der Waals surface area contributed by atoms with Gasteiger partial charge in [0.25, 0.3) is 0 Å². The number of carbonyl (C=O) groups excluding carboxylic acids is 1. The maximum atomic E-state index is 13.1. The molecule has 0 unspecified atom stereocenters. The van der Waals surface area contributed by atoms with Crippen LogP contribution in [0.25, 0.3) is 0 Å². The summed E-state index contributed by atoms with van der Waals surface area (Å²) in [5.41, 5.74) is 4.81. The highest BCUT2D eigenvalue weighted by Gasteiger charge is 2.28. The summed E-state index contributed by atoms with van der Waals surface area (Å²) >= 11 is 6.39. The molecule has 0 N–H and O–H groups in total. The van der Waals surface area contributed by atoms with Crippen molar-refractivity contribution in [3.63, 3.8) is 0 Å². The lowest BCUT2D eigenvalue weighted by Gasteiger charge is -2.32. The molecule has 1 aliphatic rings. The number of halogens is 1. The highest BCUT2D eigenvalue weighted by Crippen LogP contribution is 2.29. The third kappa shape index (κ3) is 4.04. The van der Waals surface area contributed by atoms with E-state index >= 15 is 0 Å². The molecule has 0 amide bonds. The van der Waals surface area contributed by atoms with Crippen molar-refractivity contribution in [1.29, 1.82) is 0 Å². The predicted octanol–water partition coefficient (Wildman–Crippen LogP) is 4.10. The van der Waals surface area contributed by atoms with Gasteiger partial charge in [-0.25, -0.2) is 0 Å². The first-order valence-corrected chi connectivity index (χ1v) is 9.79. The van der Waals surface area contributed by atoms with E-state index in [-0.39, 0.29) is 11.7 Å². The average Bonchev–Trinajstić information content (AvgIpc) is 2.87. The third-order valence-corrected chi connectivity index (χ3v) is 5.95. The number of rotatable bonds is 5. The smallest absolute Gasteiger partial charge is 0.167 e. The Balaban J connectivity index is 1.75. The fraction of sp³-hybridized carbons (Fsp3) is 0.524. The van der Waals surface area contributed by atoms with E-state index in [0.717, 1.165) is 66.2 Å². The number of nitrogens with zero attached hydrogens (tertiary/aromatic N) is 3. The topological polar surface area (TPSA) is 47.4 Å². The largest absolute Gasteiger partial charge is 0.496 e. The van der Waals surface area contributed by atoms with E-state index in [9.17, 15) is 4.79 Å². The highest BCUT2D eigenvalue weighted by molar-refractivity contribution is 6.30. The monoisotopic (exact) mass is 389 g/mol. The molecule has 5 nitrogen and oxygen atoms in total. The molecular weight excluding hydrogens is 362 g/mol. The molecule has 0 spiro atoms.